The van der Waals surface area contributed by atoms with Gasteiger partial charge in [-0.15, -0.1) is 0 Å². The second kappa shape index (κ2) is 7.43. The molecule has 2 heterocycles. The number of piperidine rings is 1. The largest absolute Gasteiger partial charge is 0.343 e. The third kappa shape index (κ3) is 4.31. The van der Waals surface area contributed by atoms with E-state index in [2.05, 4.69) is 15.0 Å². The first-order valence-electron chi connectivity index (χ1n) is 9.02. The lowest BCUT2D eigenvalue weighted by Crippen LogP contribution is -2.44. The Morgan fingerprint density at radius 2 is 2.09 bits per heavy atom. The van der Waals surface area contributed by atoms with E-state index in [0.29, 0.717) is 18.3 Å². The summed E-state index contributed by atoms with van der Waals surface area (Å²) in [6.45, 7) is 8.14. The Bertz CT molecular complexity index is 522. The van der Waals surface area contributed by atoms with Gasteiger partial charge in [0.2, 0.25) is 11.8 Å². The van der Waals surface area contributed by atoms with Crippen molar-refractivity contribution < 1.29 is 9.32 Å². The highest BCUT2D eigenvalue weighted by Gasteiger charge is 2.29. The van der Waals surface area contributed by atoms with Crippen molar-refractivity contribution >= 4 is 5.91 Å². The number of hydrogen-bond acceptors (Lipinski definition) is 5. The fraction of sp³-hybridized carbons (Fsp3) is 0.824. The summed E-state index contributed by atoms with van der Waals surface area (Å²) in [5, 5.41) is 4.08. The highest BCUT2D eigenvalue weighted by molar-refractivity contribution is 5.79. The molecule has 1 saturated heterocycles. The molecule has 1 aromatic rings. The molecule has 0 radical (unpaired) electrons. The van der Waals surface area contributed by atoms with Crippen LogP contribution in [0.15, 0.2) is 4.52 Å². The van der Waals surface area contributed by atoms with Gasteiger partial charge in [-0.05, 0) is 52.0 Å². The lowest BCUT2D eigenvalue weighted by molar-refractivity contribution is -0.137. The van der Waals surface area contributed by atoms with Gasteiger partial charge >= 0.3 is 0 Å². The van der Waals surface area contributed by atoms with Crippen molar-refractivity contribution in [2.45, 2.75) is 52.5 Å². The molecule has 0 bridgehead atoms. The number of carbonyl (C=O) groups excluding carboxylic acids is 1. The predicted molar refractivity (Wildman–Crippen MR) is 86.7 cm³/mol. The van der Waals surface area contributed by atoms with E-state index in [4.69, 9.17) is 4.52 Å². The van der Waals surface area contributed by atoms with Crippen LogP contribution in [0.1, 0.15) is 51.2 Å². The number of aromatic nitrogens is 2. The Hall–Kier alpha value is -1.43. The summed E-state index contributed by atoms with van der Waals surface area (Å²) in [5.74, 6) is 2.70. The molecular formula is C17H28N4O2. The molecule has 3 rings (SSSR count). The van der Waals surface area contributed by atoms with Crippen LogP contribution in [-0.2, 0) is 17.8 Å². The van der Waals surface area contributed by atoms with Gasteiger partial charge in [0.1, 0.15) is 0 Å². The minimum atomic E-state index is 0.109. The number of amides is 1. The van der Waals surface area contributed by atoms with Gasteiger partial charge in [-0.25, -0.2) is 0 Å². The number of carbonyl (C=O) groups is 1. The first-order chi connectivity index (χ1) is 11.2. The third-order valence-corrected chi connectivity index (χ3v) is 4.97. The summed E-state index contributed by atoms with van der Waals surface area (Å²) in [6, 6.07) is 0. The van der Waals surface area contributed by atoms with Crippen molar-refractivity contribution in [3.63, 3.8) is 0 Å². The van der Waals surface area contributed by atoms with Gasteiger partial charge in [0.05, 0.1) is 12.5 Å². The number of hydrogen-bond donors (Lipinski definition) is 0. The number of rotatable bonds is 7. The van der Waals surface area contributed by atoms with Gasteiger partial charge < -0.3 is 9.42 Å². The lowest BCUT2D eigenvalue weighted by Gasteiger charge is -2.33. The molecule has 1 atom stereocenters. The smallest absolute Gasteiger partial charge is 0.240 e. The Balaban J connectivity index is 1.53. The minimum absolute atomic E-state index is 0.109. The van der Waals surface area contributed by atoms with Crippen molar-refractivity contribution in [1.82, 2.24) is 19.9 Å². The van der Waals surface area contributed by atoms with Gasteiger partial charge in [-0.3, -0.25) is 9.69 Å². The molecule has 1 aliphatic carbocycles. The predicted octanol–water partition coefficient (Wildman–Crippen LogP) is 2.10. The summed E-state index contributed by atoms with van der Waals surface area (Å²) in [7, 11) is 0. The average molecular weight is 320 g/mol. The monoisotopic (exact) mass is 320 g/mol. The van der Waals surface area contributed by atoms with E-state index >= 15 is 0 Å². The molecule has 0 spiro atoms. The summed E-state index contributed by atoms with van der Waals surface area (Å²) in [6.07, 6.45) is 5.59. The van der Waals surface area contributed by atoms with E-state index in [1.54, 1.807) is 0 Å². The molecule has 1 aromatic heterocycles. The summed E-state index contributed by atoms with van der Waals surface area (Å²) < 4.78 is 5.38. The maximum Gasteiger partial charge on any atom is 0.240 e. The molecule has 1 saturated carbocycles. The maximum absolute atomic E-state index is 12.5. The van der Waals surface area contributed by atoms with E-state index in [0.717, 1.165) is 57.2 Å². The molecule has 23 heavy (non-hydrogen) atoms. The topological polar surface area (TPSA) is 62.5 Å². The zero-order valence-corrected chi connectivity index (χ0v) is 14.3. The Morgan fingerprint density at radius 1 is 1.30 bits per heavy atom. The van der Waals surface area contributed by atoms with Gasteiger partial charge in [0.15, 0.2) is 5.82 Å². The van der Waals surface area contributed by atoms with Gasteiger partial charge in [-0.2, -0.15) is 4.98 Å². The quantitative estimate of drug-likeness (QED) is 0.770. The highest BCUT2D eigenvalue weighted by atomic mass is 16.5. The van der Waals surface area contributed by atoms with Crippen molar-refractivity contribution in [1.29, 1.82) is 0 Å². The second-order valence-electron chi connectivity index (χ2n) is 6.84. The van der Waals surface area contributed by atoms with E-state index < -0.39 is 0 Å². The molecule has 6 heteroatoms. The summed E-state index contributed by atoms with van der Waals surface area (Å²) in [5.41, 5.74) is 0. The van der Waals surface area contributed by atoms with E-state index in [1.165, 1.54) is 12.8 Å². The molecule has 1 unspecified atom stereocenters. The van der Waals surface area contributed by atoms with Crippen LogP contribution in [0.4, 0.5) is 0 Å². The van der Waals surface area contributed by atoms with Crippen molar-refractivity contribution in [3.05, 3.63) is 11.7 Å². The van der Waals surface area contributed by atoms with Gasteiger partial charge in [-0.1, -0.05) is 5.16 Å². The van der Waals surface area contributed by atoms with Crippen LogP contribution in [0.5, 0.6) is 0 Å². The second-order valence-corrected chi connectivity index (χ2v) is 6.84. The minimum Gasteiger partial charge on any atom is -0.343 e. The van der Waals surface area contributed by atoms with E-state index in [1.807, 2.05) is 18.7 Å². The zero-order chi connectivity index (χ0) is 16.2. The third-order valence-electron chi connectivity index (χ3n) is 4.97. The molecule has 0 N–H and O–H groups in total. The molecule has 2 fully saturated rings. The molecule has 1 amide bonds. The first-order valence-corrected chi connectivity index (χ1v) is 9.02. The lowest BCUT2D eigenvalue weighted by atomic mass is 9.96. The van der Waals surface area contributed by atoms with Crippen LogP contribution in [0, 0.1) is 11.8 Å². The fourth-order valence-corrected chi connectivity index (χ4v) is 3.40. The van der Waals surface area contributed by atoms with Crippen LogP contribution >= 0.6 is 0 Å². The van der Waals surface area contributed by atoms with Crippen molar-refractivity contribution in [2.75, 3.05) is 26.2 Å². The Labute approximate surface area is 138 Å². The molecule has 6 nitrogen and oxygen atoms in total. The molecule has 128 valence electrons. The van der Waals surface area contributed by atoms with Crippen LogP contribution < -0.4 is 0 Å². The standard InChI is InChI=1S/C17H28N4O2/c1-3-21(4-2)17(22)14-6-5-9-20(11-14)12-16-18-15(19-23-16)10-13-7-8-13/h13-14H,3-12H2,1-2H3. The Morgan fingerprint density at radius 3 is 2.78 bits per heavy atom. The van der Waals surface area contributed by atoms with Crippen molar-refractivity contribution in [2.24, 2.45) is 11.8 Å². The zero-order valence-electron chi connectivity index (χ0n) is 14.3. The maximum atomic E-state index is 12.5. The molecular weight excluding hydrogens is 292 g/mol. The van der Waals surface area contributed by atoms with Gasteiger partial charge in [0.25, 0.3) is 0 Å². The highest BCUT2D eigenvalue weighted by Crippen LogP contribution is 2.31. The van der Waals surface area contributed by atoms with E-state index in [9.17, 15) is 4.79 Å². The van der Waals surface area contributed by atoms with Crippen LogP contribution in [0.3, 0.4) is 0 Å². The number of nitrogens with zero attached hydrogens (tertiary/aromatic N) is 4. The van der Waals surface area contributed by atoms with Gasteiger partial charge in [0, 0.05) is 26.1 Å². The van der Waals surface area contributed by atoms with Crippen LogP contribution in [0.25, 0.3) is 0 Å². The molecule has 2 aliphatic rings. The fourth-order valence-electron chi connectivity index (χ4n) is 3.40. The molecule has 1 aliphatic heterocycles. The first kappa shape index (κ1) is 16.4. The van der Waals surface area contributed by atoms with Crippen LogP contribution in [-0.4, -0.2) is 52.0 Å². The average Bonchev–Trinajstić information content (AvgIpc) is 3.27. The SMILES string of the molecule is CCN(CC)C(=O)C1CCCN(Cc2nc(CC3CC3)no2)C1. The summed E-state index contributed by atoms with van der Waals surface area (Å²) in [4.78, 5) is 21.3. The normalized spacial score (nSPS) is 22.3. The molecule has 0 aromatic carbocycles. The van der Waals surface area contributed by atoms with Crippen LogP contribution in [0.2, 0.25) is 0 Å². The summed E-state index contributed by atoms with van der Waals surface area (Å²) >= 11 is 0. The van der Waals surface area contributed by atoms with Crippen molar-refractivity contribution in [3.8, 4) is 0 Å². The van der Waals surface area contributed by atoms with E-state index in [-0.39, 0.29) is 5.92 Å². The Kier molecular flexibility index (Phi) is 5.30. The number of likely N-dealkylation sites (tertiary alicyclic amines) is 1.